The molecule has 0 aliphatic heterocycles. The van der Waals surface area contributed by atoms with E-state index in [0.29, 0.717) is 40.6 Å². The van der Waals surface area contributed by atoms with Crippen LogP contribution in [0.1, 0.15) is 95.0 Å². The maximum absolute atomic E-state index is 8.74. The fraction of sp³-hybridized carbons (Fsp3) is 0.386. The Kier molecular flexibility index (Phi) is 6.91. The van der Waals surface area contributed by atoms with Gasteiger partial charge in [0.1, 0.15) is 0 Å². The van der Waals surface area contributed by atoms with Gasteiger partial charge in [-0.2, -0.15) is 0 Å². The minimum atomic E-state index is -2.67. The van der Waals surface area contributed by atoms with Gasteiger partial charge >= 0.3 is 0 Å². The zero-order valence-corrected chi connectivity index (χ0v) is 32.2. The first-order valence-corrected chi connectivity index (χ1v) is 20.1. The fourth-order valence-corrected chi connectivity index (χ4v) is 7.49. The Morgan fingerprint density at radius 1 is 0.880 bits per heavy atom. The maximum atomic E-state index is 8.74. The molecule has 1 aliphatic carbocycles. The van der Waals surface area contributed by atoms with Crippen molar-refractivity contribution in [3.8, 4) is 22.5 Å². The van der Waals surface area contributed by atoms with Crippen LogP contribution in [0, 0.1) is 51.4 Å². The summed E-state index contributed by atoms with van der Waals surface area (Å²) in [6.45, 7) is 0.224. The van der Waals surface area contributed by atoms with Crippen molar-refractivity contribution in [3.05, 3.63) is 107 Å². The smallest absolute Gasteiger partial charge is 0.216 e. The second kappa shape index (κ2) is 15.8. The van der Waals surface area contributed by atoms with E-state index in [1.54, 1.807) is 24.4 Å². The Morgan fingerprint density at radius 2 is 1.64 bits per heavy atom. The molecule has 6 heteroatoms. The molecule has 4 aromatic heterocycles. The SMILES string of the molecule is [2H]C([2H])([2H])c1c[c-]c(-c2cc(C([2H])([2H])C(C)C)c([Si](C)(C)C)cn2)cc1.[2H]C([2H])([2H])c1cc(C([2H])([2H])[2H])c2c(n1)oc1c[c-]c(-c3cc(C([2H])([2H])[2H])c(C([2H])([2H])C4CCCC4)cn3)cc12.[Ir]. The Balaban J connectivity index is 0.000000265. The molecule has 0 unspecified atom stereocenters. The molecule has 1 aliphatic rings. The average molecular weight is 874 g/mol. The summed E-state index contributed by atoms with van der Waals surface area (Å²) < 4.78 is 134. The second-order valence-electron chi connectivity index (χ2n) is 13.9. The van der Waals surface area contributed by atoms with Gasteiger partial charge in [0.25, 0.3) is 0 Å². The Hall–Kier alpha value is -3.44. The van der Waals surface area contributed by atoms with E-state index in [1.807, 2.05) is 19.9 Å². The van der Waals surface area contributed by atoms with Crippen LogP contribution in [-0.2, 0) is 32.9 Å². The van der Waals surface area contributed by atoms with Gasteiger partial charge in [0.05, 0.1) is 13.7 Å². The number of aromatic nitrogens is 3. The van der Waals surface area contributed by atoms with E-state index >= 15 is 0 Å². The van der Waals surface area contributed by atoms with Crippen LogP contribution in [0.4, 0.5) is 0 Å². The molecule has 0 bridgehead atoms. The summed E-state index contributed by atoms with van der Waals surface area (Å²) in [5.74, 6) is -0.466. The summed E-state index contributed by atoms with van der Waals surface area (Å²) in [4.78, 5) is 13.0. The molecule has 1 radical (unpaired) electrons. The van der Waals surface area contributed by atoms with Gasteiger partial charge in [0.15, 0.2) is 0 Å². The number of rotatable bonds is 7. The van der Waals surface area contributed by atoms with Gasteiger partial charge in [0, 0.05) is 65.5 Å². The Morgan fingerprint density at radius 3 is 2.32 bits per heavy atom. The van der Waals surface area contributed by atoms with Gasteiger partial charge < -0.3 is 14.4 Å². The van der Waals surface area contributed by atoms with E-state index in [9.17, 15) is 0 Å². The molecule has 4 heterocycles. The molecule has 4 nitrogen and oxygen atoms in total. The van der Waals surface area contributed by atoms with Gasteiger partial charge in [-0.1, -0.05) is 94.7 Å². The summed E-state index contributed by atoms with van der Waals surface area (Å²) in [6, 6.07) is 17.9. The van der Waals surface area contributed by atoms with Gasteiger partial charge in [-0.25, -0.2) is 4.98 Å². The molecule has 50 heavy (non-hydrogen) atoms. The number of hydrogen-bond donors (Lipinski definition) is 0. The van der Waals surface area contributed by atoms with E-state index in [4.69, 9.17) is 26.3 Å². The third kappa shape index (κ3) is 8.70. The van der Waals surface area contributed by atoms with Crippen LogP contribution in [-0.4, -0.2) is 23.0 Å². The number of pyridine rings is 3. The molecule has 0 saturated heterocycles. The van der Waals surface area contributed by atoms with Crippen molar-refractivity contribution in [2.45, 2.75) is 99.3 Å². The number of fused-ring (bicyclic) bond motifs is 3. The standard InChI is InChI=1S/C25H25N2O.C19H26NSi.Ir/c1-15-11-22(26-14-20(15)12-18-6-4-5-7-18)19-8-9-23-21(13-19)24-16(2)10-17(3)27-25(24)28-23;1-14(2)11-17-12-18(16-9-7-15(3)8-10-16)20-13-19(17)21(4,5)6;/h9-11,13-14,18H,4-7,12H2,1-3H3;7-9,12-14H,11H2,1-6H3;/q2*-1;/i1D3,2D3,3D3,12D2;3D3,11D2;. The molecule has 0 atom stereocenters. The minimum absolute atomic E-state index is 0. The predicted molar refractivity (Wildman–Crippen MR) is 208 cm³/mol. The van der Waals surface area contributed by atoms with Crippen LogP contribution in [0.15, 0.2) is 65.3 Å². The first-order valence-electron chi connectivity index (χ1n) is 24.6. The van der Waals surface area contributed by atoms with Crippen molar-refractivity contribution in [1.29, 1.82) is 0 Å². The molecular weight excluding hydrogens is 807 g/mol. The fourth-order valence-electron chi connectivity index (χ4n) is 6.09. The zero-order chi connectivity index (χ0) is 48.5. The van der Waals surface area contributed by atoms with Crippen molar-refractivity contribution in [2.24, 2.45) is 11.8 Å². The Bertz CT molecular complexity index is 2690. The second-order valence-corrected chi connectivity index (χ2v) is 18.9. The summed E-state index contributed by atoms with van der Waals surface area (Å²) in [5, 5.41) is 1.47. The van der Waals surface area contributed by atoms with E-state index in [2.05, 4.69) is 46.7 Å². The number of furan rings is 1. The largest absolute Gasteiger partial charge is 0.486 e. The maximum Gasteiger partial charge on any atom is 0.216 e. The summed E-state index contributed by atoms with van der Waals surface area (Å²) in [7, 11) is -1.78. The monoisotopic (exact) mass is 874 g/mol. The minimum Gasteiger partial charge on any atom is -0.486 e. The van der Waals surface area contributed by atoms with Crippen LogP contribution in [0.25, 0.3) is 44.6 Å². The number of benzene rings is 2. The molecule has 0 amide bonds. The van der Waals surface area contributed by atoms with Crippen LogP contribution < -0.4 is 5.19 Å². The first kappa shape index (κ1) is 21.8. The van der Waals surface area contributed by atoms with Gasteiger partial charge in [-0.15, -0.1) is 59.2 Å². The quantitative estimate of drug-likeness (QED) is 0.118. The molecule has 0 spiro atoms. The van der Waals surface area contributed by atoms with Crippen molar-refractivity contribution in [2.75, 3.05) is 0 Å². The van der Waals surface area contributed by atoms with Crippen LogP contribution in [0.2, 0.25) is 19.6 Å². The van der Waals surface area contributed by atoms with Crippen LogP contribution in [0.5, 0.6) is 0 Å². The summed E-state index contributed by atoms with van der Waals surface area (Å²) in [6.07, 6.45) is 2.89. The summed E-state index contributed by atoms with van der Waals surface area (Å²) >= 11 is 0. The van der Waals surface area contributed by atoms with Crippen molar-refractivity contribution >= 4 is 35.3 Å². The average Bonchev–Trinajstić information content (AvgIpc) is 3.88. The number of aryl methyl sites for hydroxylation is 4. The van der Waals surface area contributed by atoms with Crippen molar-refractivity contribution in [3.63, 3.8) is 0 Å². The third-order valence-corrected chi connectivity index (χ3v) is 10.5. The molecule has 1 saturated carbocycles. The molecule has 6 aromatic rings. The van der Waals surface area contributed by atoms with Gasteiger partial charge in [0.2, 0.25) is 5.71 Å². The van der Waals surface area contributed by atoms with Crippen LogP contribution in [0.3, 0.4) is 0 Å². The summed E-state index contributed by atoms with van der Waals surface area (Å²) in [5.41, 5.74) is 2.09. The van der Waals surface area contributed by atoms with E-state index in [-0.39, 0.29) is 76.6 Å². The van der Waals surface area contributed by atoms with Crippen LogP contribution >= 0.6 is 0 Å². The molecule has 2 aromatic carbocycles. The van der Waals surface area contributed by atoms with Gasteiger partial charge in [-0.05, 0) is 78.9 Å². The molecule has 1 fully saturated rings. The third-order valence-electron chi connectivity index (χ3n) is 8.51. The predicted octanol–water partition coefficient (Wildman–Crippen LogP) is 11.1. The molecule has 0 N–H and O–H groups in total. The molecule has 7 rings (SSSR count). The van der Waals surface area contributed by atoms with Crippen molar-refractivity contribution < 1.29 is 46.5 Å². The normalized spacial score (nSPS) is 19.8. The molecular formula is C44H51IrN3OSi-2. The van der Waals surface area contributed by atoms with E-state index in [1.165, 1.54) is 24.4 Å². The molecule has 263 valence electrons. The zero-order valence-electron chi connectivity index (χ0n) is 44.8. The van der Waals surface area contributed by atoms with E-state index < -0.39 is 53.9 Å². The Labute approximate surface area is 336 Å². The van der Waals surface area contributed by atoms with Gasteiger partial charge in [-0.3, -0.25) is 0 Å². The first-order chi connectivity index (χ1) is 29.7. The van der Waals surface area contributed by atoms with Crippen molar-refractivity contribution in [1.82, 2.24) is 15.0 Å². The number of hydrogen-bond acceptors (Lipinski definition) is 4. The van der Waals surface area contributed by atoms with E-state index in [0.717, 1.165) is 24.1 Å². The number of nitrogens with zero attached hydrogens (tertiary/aromatic N) is 3. The topological polar surface area (TPSA) is 51.8 Å².